The molecule has 1 aromatic carbocycles. The summed E-state index contributed by atoms with van der Waals surface area (Å²) in [6.07, 6.45) is 5.30. The average molecular weight is 259 g/mol. The normalized spacial score (nSPS) is 12.2. The molecule has 0 saturated heterocycles. The number of carboxylic acids is 1. The minimum Gasteiger partial charge on any atom is -0.477 e. The van der Waals surface area contributed by atoms with Crippen molar-refractivity contribution in [1.82, 2.24) is 5.32 Å². The van der Waals surface area contributed by atoms with E-state index in [9.17, 15) is 9.90 Å². The van der Waals surface area contributed by atoms with E-state index in [2.05, 4.69) is 11.2 Å². The Morgan fingerprint density at radius 1 is 1.56 bits per heavy atom. The average Bonchev–Trinajstić information content (AvgIpc) is 2.75. The van der Waals surface area contributed by atoms with Crippen LogP contribution in [0.3, 0.4) is 0 Å². The highest BCUT2D eigenvalue weighted by molar-refractivity contribution is 7.21. The van der Waals surface area contributed by atoms with Gasteiger partial charge in [0.2, 0.25) is 0 Å². The molecule has 0 amide bonds. The highest BCUT2D eigenvalue weighted by Gasteiger charge is 2.17. The number of terminal acetylenes is 1. The highest BCUT2D eigenvalue weighted by Crippen LogP contribution is 2.31. The second-order valence-electron chi connectivity index (χ2n) is 3.98. The van der Waals surface area contributed by atoms with E-state index in [4.69, 9.17) is 6.42 Å². The lowest BCUT2D eigenvalue weighted by Gasteiger charge is -2.07. The number of aromatic carboxylic acids is 1. The summed E-state index contributed by atoms with van der Waals surface area (Å²) in [7, 11) is 0. The van der Waals surface area contributed by atoms with Gasteiger partial charge in [0.15, 0.2) is 0 Å². The Hall–Kier alpha value is -1.83. The lowest BCUT2D eigenvalue weighted by atomic mass is 10.1. The van der Waals surface area contributed by atoms with Gasteiger partial charge in [0.25, 0.3) is 0 Å². The summed E-state index contributed by atoms with van der Waals surface area (Å²) >= 11 is 1.30. The van der Waals surface area contributed by atoms with E-state index >= 15 is 0 Å². The monoisotopic (exact) mass is 259 g/mol. The van der Waals surface area contributed by atoms with Crippen LogP contribution in [-0.2, 0) is 6.54 Å². The number of benzene rings is 1. The molecular weight excluding hydrogens is 246 g/mol. The Labute approximate surface area is 109 Å². The van der Waals surface area contributed by atoms with E-state index in [1.807, 2.05) is 31.2 Å². The smallest absolute Gasteiger partial charge is 0.346 e. The van der Waals surface area contributed by atoms with Gasteiger partial charge in [0.05, 0.1) is 6.04 Å². The zero-order valence-corrected chi connectivity index (χ0v) is 10.8. The third-order valence-electron chi connectivity index (χ3n) is 2.73. The predicted molar refractivity (Wildman–Crippen MR) is 73.9 cm³/mol. The van der Waals surface area contributed by atoms with Gasteiger partial charge in [-0.25, -0.2) is 4.79 Å². The van der Waals surface area contributed by atoms with Crippen molar-refractivity contribution in [3.8, 4) is 12.3 Å². The molecule has 2 rings (SSSR count). The summed E-state index contributed by atoms with van der Waals surface area (Å²) in [5.41, 5.74) is 0.810. The number of carboxylic acid groups (broad SMARTS) is 1. The molecule has 2 N–H and O–H groups in total. The van der Waals surface area contributed by atoms with Crippen LogP contribution in [0.15, 0.2) is 24.3 Å². The first kappa shape index (κ1) is 12.6. The van der Waals surface area contributed by atoms with Gasteiger partial charge in [-0.2, -0.15) is 0 Å². The Morgan fingerprint density at radius 2 is 2.28 bits per heavy atom. The van der Waals surface area contributed by atoms with Crippen molar-refractivity contribution in [3.05, 3.63) is 34.7 Å². The van der Waals surface area contributed by atoms with Gasteiger partial charge in [0.1, 0.15) is 4.88 Å². The fourth-order valence-corrected chi connectivity index (χ4v) is 2.82. The number of rotatable bonds is 4. The lowest BCUT2D eigenvalue weighted by Crippen LogP contribution is -2.24. The Morgan fingerprint density at radius 3 is 2.94 bits per heavy atom. The second kappa shape index (κ2) is 5.21. The van der Waals surface area contributed by atoms with Crippen LogP contribution in [0.25, 0.3) is 10.1 Å². The van der Waals surface area contributed by atoms with Crippen molar-refractivity contribution < 1.29 is 9.90 Å². The van der Waals surface area contributed by atoms with E-state index in [0.717, 1.165) is 15.6 Å². The van der Waals surface area contributed by atoms with Crippen LogP contribution < -0.4 is 5.32 Å². The van der Waals surface area contributed by atoms with Gasteiger partial charge < -0.3 is 5.11 Å². The first-order valence-electron chi connectivity index (χ1n) is 5.56. The van der Waals surface area contributed by atoms with Crippen LogP contribution in [0, 0.1) is 12.3 Å². The number of nitrogens with one attached hydrogen (secondary N) is 1. The molecule has 0 saturated carbocycles. The van der Waals surface area contributed by atoms with Crippen LogP contribution in [-0.4, -0.2) is 17.1 Å². The molecular formula is C14H13NO2S. The van der Waals surface area contributed by atoms with E-state index in [0.29, 0.717) is 11.4 Å². The number of thiophene rings is 1. The molecule has 18 heavy (non-hydrogen) atoms. The summed E-state index contributed by atoms with van der Waals surface area (Å²) in [5.74, 6) is 1.68. The minimum atomic E-state index is -0.888. The first-order valence-corrected chi connectivity index (χ1v) is 6.38. The number of hydrogen-bond donors (Lipinski definition) is 2. The van der Waals surface area contributed by atoms with E-state index in [-0.39, 0.29) is 6.04 Å². The fourth-order valence-electron chi connectivity index (χ4n) is 1.76. The molecule has 0 radical (unpaired) electrons. The maximum absolute atomic E-state index is 11.2. The Bertz CT molecular complexity index is 624. The SMILES string of the molecule is C#CC(C)NCc1c(C(=O)O)sc2ccccc12. The van der Waals surface area contributed by atoms with Gasteiger partial charge in [-0.1, -0.05) is 24.1 Å². The summed E-state index contributed by atoms with van der Waals surface area (Å²) < 4.78 is 0.986. The van der Waals surface area contributed by atoms with Crippen molar-refractivity contribution >= 4 is 27.4 Å². The van der Waals surface area contributed by atoms with Crippen LogP contribution in [0.2, 0.25) is 0 Å². The zero-order valence-electron chi connectivity index (χ0n) is 9.93. The van der Waals surface area contributed by atoms with Gasteiger partial charge in [-0.05, 0) is 23.9 Å². The molecule has 0 spiro atoms. The van der Waals surface area contributed by atoms with E-state index in [1.54, 1.807) is 0 Å². The third-order valence-corrected chi connectivity index (χ3v) is 3.93. The van der Waals surface area contributed by atoms with E-state index in [1.165, 1.54) is 11.3 Å². The first-order chi connectivity index (χ1) is 8.63. The maximum atomic E-state index is 11.2. The molecule has 0 fully saturated rings. The molecule has 4 heteroatoms. The quantitative estimate of drug-likeness (QED) is 0.830. The Balaban J connectivity index is 2.43. The zero-order chi connectivity index (χ0) is 13.1. The topological polar surface area (TPSA) is 49.3 Å². The molecule has 3 nitrogen and oxygen atoms in total. The minimum absolute atomic E-state index is 0.0784. The lowest BCUT2D eigenvalue weighted by molar-refractivity contribution is 0.0701. The van der Waals surface area contributed by atoms with Gasteiger partial charge in [0, 0.05) is 11.2 Å². The van der Waals surface area contributed by atoms with Gasteiger partial charge in [-0.3, -0.25) is 5.32 Å². The fraction of sp³-hybridized carbons (Fsp3) is 0.214. The summed E-state index contributed by atoms with van der Waals surface area (Å²) in [6.45, 7) is 2.34. The standard InChI is InChI=1S/C14H13NO2S/c1-3-9(2)15-8-11-10-6-4-5-7-12(10)18-13(11)14(16)17/h1,4-7,9,15H,8H2,2H3,(H,16,17). The largest absolute Gasteiger partial charge is 0.477 e. The summed E-state index contributed by atoms with van der Waals surface area (Å²) in [5, 5.41) is 13.3. The molecule has 1 unspecified atom stereocenters. The molecule has 0 aliphatic carbocycles. The van der Waals surface area contributed by atoms with E-state index < -0.39 is 5.97 Å². The van der Waals surface area contributed by atoms with Gasteiger partial charge in [-0.15, -0.1) is 17.8 Å². The predicted octanol–water partition coefficient (Wildman–Crippen LogP) is 2.71. The highest BCUT2D eigenvalue weighted by atomic mass is 32.1. The van der Waals surface area contributed by atoms with Crippen LogP contribution in [0.1, 0.15) is 22.2 Å². The van der Waals surface area contributed by atoms with Crippen molar-refractivity contribution in [2.45, 2.75) is 19.5 Å². The molecule has 0 bridgehead atoms. The number of fused-ring (bicyclic) bond motifs is 1. The summed E-state index contributed by atoms with van der Waals surface area (Å²) in [6, 6.07) is 7.61. The van der Waals surface area contributed by atoms with Crippen LogP contribution in [0.4, 0.5) is 0 Å². The molecule has 92 valence electrons. The molecule has 1 aromatic heterocycles. The molecule has 0 aliphatic rings. The molecule has 1 atom stereocenters. The summed E-state index contributed by atoms with van der Waals surface area (Å²) in [4.78, 5) is 11.6. The molecule has 2 aromatic rings. The third kappa shape index (κ3) is 2.37. The molecule has 1 heterocycles. The number of carbonyl (C=O) groups is 1. The van der Waals surface area contributed by atoms with Crippen molar-refractivity contribution in [2.24, 2.45) is 0 Å². The van der Waals surface area contributed by atoms with Crippen LogP contribution in [0.5, 0.6) is 0 Å². The van der Waals surface area contributed by atoms with Gasteiger partial charge >= 0.3 is 5.97 Å². The number of hydrogen-bond acceptors (Lipinski definition) is 3. The van der Waals surface area contributed by atoms with Crippen molar-refractivity contribution in [2.75, 3.05) is 0 Å². The molecule has 0 aliphatic heterocycles. The Kier molecular flexibility index (Phi) is 3.66. The second-order valence-corrected chi connectivity index (χ2v) is 5.03. The van der Waals surface area contributed by atoms with Crippen LogP contribution >= 0.6 is 11.3 Å². The maximum Gasteiger partial charge on any atom is 0.346 e. The van der Waals surface area contributed by atoms with Crippen molar-refractivity contribution in [3.63, 3.8) is 0 Å². The van der Waals surface area contributed by atoms with Crippen molar-refractivity contribution in [1.29, 1.82) is 0 Å².